The van der Waals surface area contributed by atoms with E-state index in [1.807, 2.05) is 0 Å². The van der Waals surface area contributed by atoms with Crippen LogP contribution in [-0.4, -0.2) is 18.5 Å². The van der Waals surface area contributed by atoms with Crippen LogP contribution in [-0.2, 0) is 17.4 Å². The summed E-state index contributed by atoms with van der Waals surface area (Å²) < 4.78 is 5.22. The van der Waals surface area contributed by atoms with Gasteiger partial charge in [-0.3, -0.25) is 0 Å². The lowest BCUT2D eigenvalue weighted by molar-refractivity contribution is 0.0724. The van der Waals surface area contributed by atoms with Gasteiger partial charge in [-0.25, -0.2) is 0 Å². The van der Waals surface area contributed by atoms with Gasteiger partial charge in [0.05, 0.1) is 6.10 Å². The van der Waals surface area contributed by atoms with Gasteiger partial charge in [-0.15, -0.1) is 0 Å². The Labute approximate surface area is 62.2 Å². The molecule has 1 fully saturated rings. The van der Waals surface area contributed by atoms with Gasteiger partial charge < -0.3 is 4.74 Å². The monoisotopic (exact) mass is 147 g/mol. The molecule has 0 saturated heterocycles. The minimum atomic E-state index is 0.539. The molecule has 0 spiro atoms. The molecule has 1 rings (SSSR count). The van der Waals surface area contributed by atoms with E-state index in [4.69, 9.17) is 4.74 Å². The Bertz CT molecular complexity index is 77.0. The molecule has 0 atom stereocenters. The van der Waals surface area contributed by atoms with Gasteiger partial charge in [-0.05, 0) is 38.3 Å². The van der Waals surface area contributed by atoms with E-state index in [0.29, 0.717) is 6.10 Å². The van der Waals surface area contributed by atoms with Crippen LogP contribution in [0.3, 0.4) is 0 Å². The quantitative estimate of drug-likeness (QED) is 0.502. The molecule has 0 amide bonds. The van der Waals surface area contributed by atoms with Gasteiger partial charge in [0, 0.05) is 7.11 Å². The van der Waals surface area contributed by atoms with Crippen LogP contribution in [0.2, 0.25) is 0 Å². The second-order valence-electron chi connectivity index (χ2n) is 2.71. The molecule has 1 nitrogen and oxygen atoms in total. The fraction of sp³-hybridized carbons (Fsp3) is 1.00. The molecular formula is C7H15OS+. The molecule has 0 aromatic carbocycles. The van der Waals surface area contributed by atoms with E-state index >= 15 is 0 Å². The minimum Gasteiger partial charge on any atom is -0.381 e. The first-order valence-electron chi connectivity index (χ1n) is 3.57. The maximum Gasteiger partial charge on any atom is 0.113 e. The Morgan fingerprint density at radius 3 is 2.22 bits per heavy atom. The first-order chi connectivity index (χ1) is 4.33. The van der Waals surface area contributed by atoms with Crippen LogP contribution in [0.5, 0.6) is 0 Å². The Morgan fingerprint density at radius 1 is 1.22 bits per heavy atom. The Morgan fingerprint density at radius 2 is 1.78 bits per heavy atom. The zero-order valence-electron chi connectivity index (χ0n) is 5.89. The average Bonchev–Trinajstić information content (AvgIpc) is 1.90. The third kappa shape index (κ3) is 2.18. The fourth-order valence-corrected chi connectivity index (χ4v) is 1.63. The smallest absolute Gasteiger partial charge is 0.113 e. The van der Waals surface area contributed by atoms with Crippen molar-refractivity contribution in [1.29, 1.82) is 0 Å². The highest BCUT2D eigenvalue weighted by Crippen LogP contribution is 2.20. The standard InChI is InChI=1S/C7H14OS/c1-8-6-2-4-7(9)5-3-6/h6-7,9H,2-5H2,1H3/p+1. The van der Waals surface area contributed by atoms with Crippen molar-refractivity contribution in [2.45, 2.75) is 37.0 Å². The molecule has 1 aliphatic rings. The molecule has 1 saturated carbocycles. The summed E-state index contributed by atoms with van der Waals surface area (Å²) in [5.74, 6) is 0. The van der Waals surface area contributed by atoms with Crippen LogP contribution in [0, 0.1) is 0 Å². The molecule has 54 valence electrons. The van der Waals surface area contributed by atoms with Crippen molar-refractivity contribution in [3.8, 4) is 0 Å². The summed E-state index contributed by atoms with van der Waals surface area (Å²) in [5, 5.41) is 0.747. The molecule has 0 N–H and O–H groups in total. The number of rotatable bonds is 1. The zero-order chi connectivity index (χ0) is 6.69. The van der Waals surface area contributed by atoms with Gasteiger partial charge in [0.1, 0.15) is 5.25 Å². The first kappa shape index (κ1) is 7.42. The molecule has 0 aromatic rings. The lowest BCUT2D eigenvalue weighted by atomic mass is 9.97. The van der Waals surface area contributed by atoms with Crippen LogP contribution < -0.4 is 0 Å². The minimum absolute atomic E-state index is 0.539. The van der Waals surface area contributed by atoms with Crippen molar-refractivity contribution < 1.29 is 4.74 Å². The van der Waals surface area contributed by atoms with E-state index in [1.165, 1.54) is 25.7 Å². The van der Waals surface area contributed by atoms with E-state index in [2.05, 4.69) is 12.6 Å². The van der Waals surface area contributed by atoms with Gasteiger partial charge in [0.25, 0.3) is 0 Å². The van der Waals surface area contributed by atoms with Crippen molar-refractivity contribution in [2.75, 3.05) is 7.11 Å². The predicted molar refractivity (Wildman–Crippen MR) is 43.2 cm³/mol. The number of hydrogen-bond donors (Lipinski definition) is 0. The van der Waals surface area contributed by atoms with Crippen molar-refractivity contribution in [1.82, 2.24) is 0 Å². The van der Waals surface area contributed by atoms with E-state index < -0.39 is 0 Å². The van der Waals surface area contributed by atoms with Crippen LogP contribution in [0.15, 0.2) is 0 Å². The second-order valence-corrected chi connectivity index (χ2v) is 3.53. The summed E-state index contributed by atoms with van der Waals surface area (Å²) in [7, 11) is 1.80. The molecule has 0 bridgehead atoms. The summed E-state index contributed by atoms with van der Waals surface area (Å²) in [5.41, 5.74) is 0. The maximum atomic E-state index is 5.22. The Hall–Kier alpha value is 0.310. The molecular weight excluding hydrogens is 132 g/mol. The molecule has 0 radical (unpaired) electrons. The molecule has 0 aromatic heterocycles. The normalized spacial score (nSPS) is 36.7. The summed E-state index contributed by atoms with van der Waals surface area (Å²) >= 11 is 3.64. The summed E-state index contributed by atoms with van der Waals surface area (Å²) in [4.78, 5) is 0. The van der Waals surface area contributed by atoms with Gasteiger partial charge in [-0.2, -0.15) is 0 Å². The average molecular weight is 147 g/mol. The van der Waals surface area contributed by atoms with E-state index in [1.54, 1.807) is 7.11 Å². The van der Waals surface area contributed by atoms with Crippen molar-refractivity contribution in [3.05, 3.63) is 0 Å². The fourth-order valence-electron chi connectivity index (χ4n) is 1.30. The third-order valence-electron chi connectivity index (χ3n) is 2.01. The summed E-state index contributed by atoms with van der Waals surface area (Å²) in [6, 6.07) is 0. The Balaban J connectivity index is 2.18. The molecule has 1 aliphatic carbocycles. The van der Waals surface area contributed by atoms with Crippen LogP contribution in [0.1, 0.15) is 25.7 Å². The van der Waals surface area contributed by atoms with E-state index in [0.717, 1.165) is 5.25 Å². The van der Waals surface area contributed by atoms with E-state index in [-0.39, 0.29) is 0 Å². The van der Waals surface area contributed by atoms with Crippen LogP contribution in [0.4, 0.5) is 0 Å². The van der Waals surface area contributed by atoms with Gasteiger partial charge >= 0.3 is 0 Å². The van der Waals surface area contributed by atoms with Gasteiger partial charge in [0.2, 0.25) is 0 Å². The van der Waals surface area contributed by atoms with Crippen molar-refractivity contribution in [2.24, 2.45) is 0 Å². The molecule has 0 heterocycles. The molecule has 9 heavy (non-hydrogen) atoms. The van der Waals surface area contributed by atoms with Gasteiger partial charge in [-0.1, -0.05) is 0 Å². The van der Waals surface area contributed by atoms with Crippen molar-refractivity contribution in [3.63, 3.8) is 0 Å². The van der Waals surface area contributed by atoms with Crippen LogP contribution >= 0.6 is 0 Å². The lowest BCUT2D eigenvalue weighted by Gasteiger charge is -2.21. The number of hydrogen-bond acceptors (Lipinski definition) is 1. The number of methoxy groups -OCH3 is 1. The van der Waals surface area contributed by atoms with Crippen LogP contribution in [0.25, 0.3) is 0 Å². The SMILES string of the molecule is COC1CCC([SH2+])CC1. The summed E-state index contributed by atoms with van der Waals surface area (Å²) in [6.07, 6.45) is 5.54. The second kappa shape index (κ2) is 3.47. The molecule has 0 unspecified atom stereocenters. The lowest BCUT2D eigenvalue weighted by Crippen LogP contribution is -2.21. The highest BCUT2D eigenvalue weighted by molar-refractivity contribution is 7.59. The molecule has 0 aliphatic heterocycles. The van der Waals surface area contributed by atoms with Crippen molar-refractivity contribution >= 4 is 12.6 Å². The largest absolute Gasteiger partial charge is 0.381 e. The first-order valence-corrected chi connectivity index (χ1v) is 4.14. The number of ether oxygens (including phenoxy) is 1. The maximum absolute atomic E-state index is 5.22. The summed E-state index contributed by atoms with van der Waals surface area (Å²) in [6.45, 7) is 0. The third-order valence-corrected chi connectivity index (χ3v) is 2.58. The van der Waals surface area contributed by atoms with E-state index in [9.17, 15) is 0 Å². The predicted octanol–water partition coefficient (Wildman–Crippen LogP) is 0.956. The highest BCUT2D eigenvalue weighted by atomic mass is 32.1. The topological polar surface area (TPSA) is 9.23 Å². The van der Waals surface area contributed by atoms with Gasteiger partial charge in [0.15, 0.2) is 0 Å². The zero-order valence-corrected chi connectivity index (χ0v) is 6.89. The Kier molecular flexibility index (Phi) is 2.86. The molecule has 2 heteroatoms. The highest BCUT2D eigenvalue weighted by Gasteiger charge is 2.20.